The molecule has 1 heterocycles. The third-order valence-corrected chi connectivity index (χ3v) is 10.0. The zero-order valence-corrected chi connectivity index (χ0v) is 28.8. The monoisotopic (exact) mass is 645 g/mol. The van der Waals surface area contributed by atoms with Gasteiger partial charge in [-0.1, -0.05) is 30.7 Å². The molecule has 0 spiro atoms. The minimum atomic E-state index is -0.352. The van der Waals surface area contributed by atoms with Gasteiger partial charge in [0, 0.05) is 49.5 Å². The number of hydrogen-bond acceptors (Lipinski definition) is 5. The van der Waals surface area contributed by atoms with E-state index in [1.165, 1.54) is 0 Å². The molecule has 0 radical (unpaired) electrons. The van der Waals surface area contributed by atoms with Crippen molar-refractivity contribution in [3.63, 3.8) is 0 Å². The summed E-state index contributed by atoms with van der Waals surface area (Å²) < 4.78 is 12.0. The van der Waals surface area contributed by atoms with Gasteiger partial charge in [0.1, 0.15) is 0 Å². The van der Waals surface area contributed by atoms with Gasteiger partial charge in [0.05, 0.1) is 25.7 Å². The smallest absolute Gasteiger partial charge is 0.232 e. The van der Waals surface area contributed by atoms with Gasteiger partial charge in [-0.05, 0) is 117 Å². The average Bonchev–Trinajstić information content (AvgIpc) is 3.05. The second kappa shape index (κ2) is 14.8. The molecule has 0 aromatic heterocycles. The van der Waals surface area contributed by atoms with Crippen LogP contribution in [0, 0.1) is 5.92 Å². The van der Waals surface area contributed by atoms with E-state index in [1.54, 1.807) is 14.0 Å². The van der Waals surface area contributed by atoms with E-state index in [0.29, 0.717) is 28.5 Å². The molecule has 5 rings (SSSR count). The van der Waals surface area contributed by atoms with Crippen LogP contribution in [0.2, 0.25) is 5.02 Å². The first kappa shape index (κ1) is 33.6. The maximum atomic E-state index is 13.9. The number of benzene rings is 3. The van der Waals surface area contributed by atoms with E-state index < -0.39 is 0 Å². The van der Waals surface area contributed by atoms with Gasteiger partial charge in [-0.2, -0.15) is 0 Å². The number of amides is 2. The van der Waals surface area contributed by atoms with Crippen LogP contribution in [-0.2, 0) is 16.0 Å². The number of methoxy groups -OCH3 is 1. The van der Waals surface area contributed by atoms with Crippen LogP contribution in [-0.4, -0.2) is 56.1 Å². The van der Waals surface area contributed by atoms with Gasteiger partial charge in [-0.3, -0.25) is 9.59 Å². The van der Waals surface area contributed by atoms with Crippen molar-refractivity contribution in [2.75, 3.05) is 37.0 Å². The molecule has 1 aliphatic heterocycles. The molecule has 2 atom stereocenters. The normalized spacial score (nSPS) is 20.1. The van der Waals surface area contributed by atoms with Crippen molar-refractivity contribution in [3.8, 4) is 11.5 Å². The maximum absolute atomic E-state index is 13.9. The van der Waals surface area contributed by atoms with E-state index in [1.807, 2.05) is 53.1 Å². The van der Waals surface area contributed by atoms with Crippen LogP contribution in [0.15, 0.2) is 60.7 Å². The Morgan fingerprint density at radius 2 is 1.67 bits per heavy atom. The van der Waals surface area contributed by atoms with Crippen molar-refractivity contribution in [1.29, 1.82) is 0 Å². The molecule has 3 aromatic carbocycles. The Bertz CT molecular complexity index is 1500. The van der Waals surface area contributed by atoms with Crippen molar-refractivity contribution in [2.45, 2.75) is 84.4 Å². The van der Waals surface area contributed by atoms with Crippen LogP contribution in [0.1, 0.15) is 82.5 Å². The third kappa shape index (κ3) is 7.30. The molecule has 2 aliphatic rings. The second-order valence-corrected chi connectivity index (χ2v) is 13.2. The molecule has 0 saturated heterocycles. The fourth-order valence-corrected chi connectivity index (χ4v) is 7.24. The summed E-state index contributed by atoms with van der Waals surface area (Å²) in [5.41, 5.74) is 4.89. The topological polar surface area (TPSA) is 62.3 Å². The van der Waals surface area contributed by atoms with Gasteiger partial charge in [0.25, 0.3) is 0 Å². The molecular weight excluding hydrogens is 598 g/mol. The number of rotatable bonds is 11. The van der Waals surface area contributed by atoms with Gasteiger partial charge < -0.3 is 24.2 Å². The van der Waals surface area contributed by atoms with Crippen LogP contribution in [0.4, 0.5) is 11.4 Å². The standard InChI is InChI=1S/C38H48ClN3O4/c1-7-25(3)46-36-23-34-29(21-35(36)45-6)22-37(44)42(38(34)28-11-13-30(39)14-12-28)33-19-17-31(18-20-33)40(5)24-27-9-15-32(16-10-27)41(8-2)26(4)43/h11-14,17-21,23,25,27,32,38H,7-10,15-16,22,24H2,1-6H3/t25-,27-,32-,38?/m1/s1. The summed E-state index contributed by atoms with van der Waals surface area (Å²) in [7, 11) is 3.77. The summed E-state index contributed by atoms with van der Waals surface area (Å²) in [6.07, 6.45) is 5.52. The lowest BCUT2D eigenvalue weighted by Crippen LogP contribution is -2.42. The fourth-order valence-electron chi connectivity index (χ4n) is 7.11. The minimum absolute atomic E-state index is 0.0217. The molecule has 246 valence electrons. The van der Waals surface area contributed by atoms with Crippen LogP contribution >= 0.6 is 11.6 Å². The lowest BCUT2D eigenvalue weighted by molar-refractivity contribution is -0.131. The van der Waals surface area contributed by atoms with Crippen molar-refractivity contribution < 1.29 is 19.1 Å². The number of carbonyl (C=O) groups excluding carboxylic acids is 2. The Morgan fingerprint density at radius 3 is 2.26 bits per heavy atom. The number of hydrogen-bond donors (Lipinski definition) is 0. The lowest BCUT2D eigenvalue weighted by atomic mass is 9.85. The molecule has 1 saturated carbocycles. The van der Waals surface area contributed by atoms with Gasteiger partial charge in [0.2, 0.25) is 11.8 Å². The zero-order chi connectivity index (χ0) is 33.0. The molecule has 1 fully saturated rings. The Hall–Kier alpha value is -3.71. The van der Waals surface area contributed by atoms with Crippen molar-refractivity contribution in [1.82, 2.24) is 4.90 Å². The molecule has 2 amide bonds. The zero-order valence-electron chi connectivity index (χ0n) is 28.1. The highest BCUT2D eigenvalue weighted by Crippen LogP contribution is 2.44. The largest absolute Gasteiger partial charge is 0.493 e. The van der Waals surface area contributed by atoms with E-state index in [-0.39, 0.29) is 30.4 Å². The lowest BCUT2D eigenvalue weighted by Gasteiger charge is -2.38. The van der Waals surface area contributed by atoms with Crippen molar-refractivity contribution >= 4 is 34.8 Å². The van der Waals surface area contributed by atoms with Crippen LogP contribution in [0.25, 0.3) is 0 Å². The van der Waals surface area contributed by atoms with Gasteiger partial charge in [-0.25, -0.2) is 0 Å². The van der Waals surface area contributed by atoms with E-state index in [4.69, 9.17) is 21.1 Å². The Labute approximate surface area is 279 Å². The molecular formula is C38H48ClN3O4. The third-order valence-electron chi connectivity index (χ3n) is 9.78. The van der Waals surface area contributed by atoms with Gasteiger partial charge in [0.15, 0.2) is 11.5 Å². The Kier molecular flexibility index (Phi) is 10.8. The van der Waals surface area contributed by atoms with Crippen LogP contribution < -0.4 is 19.3 Å². The number of anilines is 2. The van der Waals surface area contributed by atoms with E-state index in [9.17, 15) is 9.59 Å². The highest BCUT2D eigenvalue weighted by molar-refractivity contribution is 6.30. The number of fused-ring (bicyclic) bond motifs is 1. The molecule has 8 heteroatoms. The minimum Gasteiger partial charge on any atom is -0.493 e. The van der Waals surface area contributed by atoms with E-state index in [0.717, 1.165) is 73.3 Å². The summed E-state index contributed by atoms with van der Waals surface area (Å²) in [4.78, 5) is 32.2. The highest BCUT2D eigenvalue weighted by Gasteiger charge is 2.36. The predicted molar refractivity (Wildman–Crippen MR) is 186 cm³/mol. The van der Waals surface area contributed by atoms with Gasteiger partial charge >= 0.3 is 0 Å². The van der Waals surface area contributed by atoms with Crippen molar-refractivity contribution in [3.05, 3.63) is 82.4 Å². The molecule has 46 heavy (non-hydrogen) atoms. The summed E-state index contributed by atoms with van der Waals surface area (Å²) in [6, 6.07) is 20.1. The molecule has 7 nitrogen and oxygen atoms in total. The molecule has 1 aliphatic carbocycles. The second-order valence-electron chi connectivity index (χ2n) is 12.8. The Balaban J connectivity index is 1.39. The SMILES string of the molecule is CC[C@@H](C)Oc1cc2c(cc1OC)CC(=O)N(c1ccc(N(C)C[C@H]3CC[C@H](N(CC)C(C)=O)CC3)cc1)C2c1ccc(Cl)cc1. The first-order valence-corrected chi connectivity index (χ1v) is 17.0. The quantitative estimate of drug-likeness (QED) is 0.211. The predicted octanol–water partition coefficient (Wildman–Crippen LogP) is 8.07. The molecule has 0 N–H and O–H groups in total. The molecule has 3 aromatic rings. The van der Waals surface area contributed by atoms with E-state index >= 15 is 0 Å². The fraction of sp³-hybridized carbons (Fsp3) is 0.474. The highest BCUT2D eigenvalue weighted by atomic mass is 35.5. The van der Waals surface area contributed by atoms with Crippen molar-refractivity contribution in [2.24, 2.45) is 5.92 Å². The number of halogens is 1. The molecule has 1 unspecified atom stereocenters. The number of nitrogens with zero attached hydrogens (tertiary/aromatic N) is 3. The average molecular weight is 646 g/mol. The summed E-state index contributed by atoms with van der Waals surface area (Å²) in [5, 5.41) is 0.649. The van der Waals surface area contributed by atoms with Crippen LogP contribution in [0.5, 0.6) is 11.5 Å². The van der Waals surface area contributed by atoms with E-state index in [2.05, 4.69) is 50.1 Å². The van der Waals surface area contributed by atoms with Gasteiger partial charge in [-0.15, -0.1) is 0 Å². The molecule has 0 bridgehead atoms. The number of carbonyl (C=O) groups is 2. The maximum Gasteiger partial charge on any atom is 0.232 e. The number of ether oxygens (including phenoxy) is 2. The summed E-state index contributed by atoms with van der Waals surface area (Å²) in [5.74, 6) is 2.10. The first-order valence-electron chi connectivity index (χ1n) is 16.7. The first-order chi connectivity index (χ1) is 22.1. The Morgan fingerprint density at radius 1 is 1.00 bits per heavy atom. The summed E-state index contributed by atoms with van der Waals surface area (Å²) >= 11 is 6.29. The summed E-state index contributed by atoms with van der Waals surface area (Å²) in [6.45, 7) is 9.62. The van der Waals surface area contributed by atoms with Crippen LogP contribution in [0.3, 0.4) is 0 Å².